The van der Waals surface area contributed by atoms with Crippen LogP contribution < -0.4 is 0 Å². The van der Waals surface area contributed by atoms with Gasteiger partial charge >= 0.3 is 30.8 Å². The van der Waals surface area contributed by atoms with Crippen molar-refractivity contribution in [2.24, 2.45) is 11.8 Å². The van der Waals surface area contributed by atoms with E-state index in [4.69, 9.17) is 10.2 Å². The Morgan fingerprint density at radius 2 is 1.10 bits per heavy atom. The van der Waals surface area contributed by atoms with Gasteiger partial charge < -0.3 is 10.2 Å². The SMILES string of the molecule is CCCCC(C)C(=O)O.CCCCC(C)C(=O)O.[LiH].[Zn]. The van der Waals surface area contributed by atoms with Gasteiger partial charge in [0.2, 0.25) is 0 Å². The van der Waals surface area contributed by atoms with E-state index in [1.54, 1.807) is 13.8 Å². The van der Waals surface area contributed by atoms with Crippen LogP contribution in [0.2, 0.25) is 0 Å². The molecule has 0 aromatic rings. The van der Waals surface area contributed by atoms with Crippen LogP contribution in [0.5, 0.6) is 0 Å². The molecular formula is C14H29LiO4Zn. The van der Waals surface area contributed by atoms with Crippen molar-refractivity contribution in [2.45, 2.75) is 66.2 Å². The smallest absolute Gasteiger partial charge is 0 e. The van der Waals surface area contributed by atoms with Gasteiger partial charge in [-0.05, 0) is 12.8 Å². The molecule has 0 saturated heterocycles. The minimum absolute atomic E-state index is 0. The van der Waals surface area contributed by atoms with Crippen molar-refractivity contribution in [3.8, 4) is 0 Å². The van der Waals surface area contributed by atoms with Crippen molar-refractivity contribution in [3.63, 3.8) is 0 Å². The summed E-state index contributed by atoms with van der Waals surface area (Å²) in [6.45, 7) is 7.62. The number of unbranched alkanes of at least 4 members (excludes halogenated alkanes) is 2. The van der Waals surface area contributed by atoms with Gasteiger partial charge in [0.1, 0.15) is 0 Å². The fourth-order valence-corrected chi connectivity index (χ4v) is 1.27. The Hall–Kier alpha value is 0.161. The predicted octanol–water partition coefficient (Wildman–Crippen LogP) is 3.14. The van der Waals surface area contributed by atoms with E-state index in [-0.39, 0.29) is 50.2 Å². The Morgan fingerprint density at radius 3 is 1.25 bits per heavy atom. The molecule has 112 valence electrons. The molecule has 20 heavy (non-hydrogen) atoms. The quantitative estimate of drug-likeness (QED) is 0.669. The summed E-state index contributed by atoms with van der Waals surface area (Å²) >= 11 is 0. The van der Waals surface area contributed by atoms with E-state index in [0.29, 0.717) is 0 Å². The summed E-state index contributed by atoms with van der Waals surface area (Å²) in [6, 6.07) is 0. The fraction of sp³-hybridized carbons (Fsp3) is 0.857. The first-order chi connectivity index (χ1) is 8.36. The molecule has 2 N–H and O–H groups in total. The van der Waals surface area contributed by atoms with Crippen LogP contribution in [0.3, 0.4) is 0 Å². The summed E-state index contributed by atoms with van der Waals surface area (Å²) < 4.78 is 0. The van der Waals surface area contributed by atoms with Gasteiger partial charge in [-0.25, -0.2) is 0 Å². The number of hydrogen-bond acceptors (Lipinski definition) is 2. The van der Waals surface area contributed by atoms with Gasteiger partial charge in [0.15, 0.2) is 0 Å². The molecule has 0 aliphatic rings. The van der Waals surface area contributed by atoms with Crippen LogP contribution in [0.4, 0.5) is 0 Å². The van der Waals surface area contributed by atoms with Gasteiger partial charge in [-0.3, -0.25) is 9.59 Å². The molecule has 0 fully saturated rings. The zero-order valence-corrected chi connectivity index (χ0v) is 15.8. The molecule has 0 bridgehead atoms. The van der Waals surface area contributed by atoms with Crippen LogP contribution in [-0.4, -0.2) is 41.0 Å². The van der Waals surface area contributed by atoms with Gasteiger partial charge in [-0.1, -0.05) is 53.4 Å². The number of carboxylic acids is 2. The van der Waals surface area contributed by atoms with E-state index in [9.17, 15) is 9.59 Å². The van der Waals surface area contributed by atoms with Crippen LogP contribution in [0.15, 0.2) is 0 Å². The van der Waals surface area contributed by atoms with Crippen molar-refractivity contribution < 1.29 is 39.3 Å². The average molecular weight is 334 g/mol. The van der Waals surface area contributed by atoms with Gasteiger partial charge in [0.25, 0.3) is 0 Å². The minimum Gasteiger partial charge on any atom is 0 e. The van der Waals surface area contributed by atoms with Crippen LogP contribution in [0.1, 0.15) is 66.2 Å². The van der Waals surface area contributed by atoms with Crippen molar-refractivity contribution in [1.82, 2.24) is 0 Å². The first-order valence-corrected chi connectivity index (χ1v) is 6.82. The first-order valence-electron chi connectivity index (χ1n) is 6.82. The molecule has 0 saturated carbocycles. The third-order valence-corrected chi connectivity index (χ3v) is 2.82. The maximum Gasteiger partial charge on any atom is 0 e. The largest absolute Gasteiger partial charge is 0 e. The number of rotatable bonds is 8. The average Bonchev–Trinajstić information content (AvgIpc) is 2.33. The van der Waals surface area contributed by atoms with Crippen molar-refractivity contribution in [1.29, 1.82) is 0 Å². The number of carboxylic acid groups (broad SMARTS) is 2. The third kappa shape index (κ3) is 20.5. The van der Waals surface area contributed by atoms with Crippen LogP contribution in [0, 0.1) is 11.8 Å². The monoisotopic (exact) mass is 332 g/mol. The fourth-order valence-electron chi connectivity index (χ4n) is 1.27. The normalized spacial score (nSPS) is 11.8. The topological polar surface area (TPSA) is 74.6 Å². The van der Waals surface area contributed by atoms with E-state index in [1.165, 1.54) is 0 Å². The maximum atomic E-state index is 10.2. The Kier molecular flexibility index (Phi) is 27.2. The van der Waals surface area contributed by atoms with Crippen molar-refractivity contribution in [3.05, 3.63) is 0 Å². The van der Waals surface area contributed by atoms with Gasteiger partial charge in [0, 0.05) is 19.5 Å². The number of aliphatic carboxylic acids is 2. The van der Waals surface area contributed by atoms with Gasteiger partial charge in [0.05, 0.1) is 11.8 Å². The summed E-state index contributed by atoms with van der Waals surface area (Å²) in [7, 11) is 0. The number of carbonyl (C=O) groups is 2. The Labute approximate surface area is 148 Å². The molecule has 0 amide bonds. The zero-order valence-electron chi connectivity index (χ0n) is 12.8. The Bertz CT molecular complexity index is 213. The van der Waals surface area contributed by atoms with Crippen LogP contribution >= 0.6 is 0 Å². The van der Waals surface area contributed by atoms with E-state index < -0.39 is 11.9 Å². The molecule has 0 aliphatic carbocycles. The van der Waals surface area contributed by atoms with E-state index in [0.717, 1.165) is 38.5 Å². The number of hydrogen-bond donors (Lipinski definition) is 2. The molecule has 0 aromatic heterocycles. The maximum absolute atomic E-state index is 10.2. The van der Waals surface area contributed by atoms with Crippen molar-refractivity contribution >= 4 is 30.8 Å². The second-order valence-electron chi connectivity index (χ2n) is 4.76. The summed E-state index contributed by atoms with van der Waals surface area (Å²) in [6.07, 6.45) is 5.83. The second-order valence-corrected chi connectivity index (χ2v) is 4.76. The van der Waals surface area contributed by atoms with Gasteiger partial charge in [-0.2, -0.15) is 0 Å². The molecule has 4 nitrogen and oxygen atoms in total. The minimum atomic E-state index is -0.677. The molecule has 0 radical (unpaired) electrons. The zero-order chi connectivity index (χ0) is 14.6. The Balaban J connectivity index is -0.000000116. The molecule has 0 aliphatic heterocycles. The predicted molar refractivity (Wildman–Crippen MR) is 79.8 cm³/mol. The molecular weight excluding hydrogens is 304 g/mol. The third-order valence-electron chi connectivity index (χ3n) is 2.82. The van der Waals surface area contributed by atoms with E-state index in [1.807, 2.05) is 0 Å². The van der Waals surface area contributed by atoms with Crippen molar-refractivity contribution in [2.75, 3.05) is 0 Å². The summed E-state index contributed by atoms with van der Waals surface area (Å²) in [4.78, 5) is 20.4. The van der Waals surface area contributed by atoms with Crippen LogP contribution in [-0.2, 0) is 29.1 Å². The summed E-state index contributed by atoms with van der Waals surface area (Å²) in [5.74, 6) is -1.68. The summed E-state index contributed by atoms with van der Waals surface area (Å²) in [5, 5.41) is 16.8. The van der Waals surface area contributed by atoms with E-state index in [2.05, 4.69) is 13.8 Å². The first kappa shape index (κ1) is 28.3. The Morgan fingerprint density at radius 1 is 0.850 bits per heavy atom. The molecule has 6 heteroatoms. The molecule has 0 spiro atoms. The van der Waals surface area contributed by atoms with Gasteiger partial charge in [-0.15, -0.1) is 0 Å². The summed E-state index contributed by atoms with van der Waals surface area (Å²) in [5.41, 5.74) is 0. The molecule has 2 atom stereocenters. The molecule has 0 aromatic carbocycles. The molecule has 0 rings (SSSR count). The standard InChI is InChI=1S/2C7H14O2.Li.Zn.H/c2*1-3-4-5-6(2)7(8)9;;;/h2*6H,3-5H2,1-2H3,(H,8,9);;;. The van der Waals surface area contributed by atoms with Crippen LogP contribution in [0.25, 0.3) is 0 Å². The molecule has 2 unspecified atom stereocenters. The molecule has 0 heterocycles. The van der Waals surface area contributed by atoms with E-state index >= 15 is 0 Å². The second kappa shape index (κ2) is 19.2.